The van der Waals surface area contributed by atoms with Crippen LogP contribution in [0.5, 0.6) is 0 Å². The Morgan fingerprint density at radius 1 is 0.882 bits per heavy atom. The second-order valence-corrected chi connectivity index (χ2v) is 5.77. The Balaban J connectivity index is 4.28. The quantitative estimate of drug-likeness (QED) is 0.448. The van der Waals surface area contributed by atoms with Crippen LogP contribution in [-0.4, -0.2) is 16.5 Å². The van der Waals surface area contributed by atoms with Crippen molar-refractivity contribution in [2.24, 2.45) is 11.3 Å². The lowest BCUT2D eigenvalue weighted by Gasteiger charge is -2.37. The van der Waals surface area contributed by atoms with Gasteiger partial charge in [-0.1, -0.05) is 66.2 Å². The monoisotopic (exact) mass is 244 g/mol. The summed E-state index contributed by atoms with van der Waals surface area (Å²) in [5, 5.41) is 18.8. The molecule has 1 unspecified atom stereocenters. The molecule has 2 nitrogen and oxygen atoms in total. The summed E-state index contributed by atoms with van der Waals surface area (Å²) in [7, 11) is 0. The molecule has 0 rings (SSSR count). The SMILES string of the molecule is CCCCCCC(C)(CCCC)[C@@H](C)C(O)O. The average Bonchev–Trinajstić information content (AvgIpc) is 2.31. The van der Waals surface area contributed by atoms with E-state index in [1.165, 1.54) is 38.5 Å². The molecular weight excluding hydrogens is 212 g/mol. The highest BCUT2D eigenvalue weighted by atomic mass is 16.5. The number of rotatable bonds is 10. The van der Waals surface area contributed by atoms with Crippen LogP contribution in [-0.2, 0) is 0 Å². The minimum Gasteiger partial charge on any atom is -0.368 e. The molecule has 0 heterocycles. The standard InChI is InChI=1S/C15H32O2/c1-5-7-9-10-12-15(4,11-8-6-2)13(3)14(16)17/h13-14,16-17H,5-12H2,1-4H3/t13-,15?/m0/s1. The van der Waals surface area contributed by atoms with E-state index in [1.54, 1.807) is 0 Å². The molecule has 0 fully saturated rings. The van der Waals surface area contributed by atoms with E-state index in [2.05, 4.69) is 20.8 Å². The van der Waals surface area contributed by atoms with Gasteiger partial charge in [0.2, 0.25) is 0 Å². The Hall–Kier alpha value is -0.0800. The minimum atomic E-state index is -1.18. The van der Waals surface area contributed by atoms with E-state index in [1.807, 2.05) is 6.92 Å². The molecule has 0 amide bonds. The molecule has 2 heteroatoms. The van der Waals surface area contributed by atoms with Crippen molar-refractivity contribution in [2.75, 3.05) is 0 Å². The molecule has 0 aromatic rings. The zero-order valence-corrected chi connectivity index (χ0v) is 12.2. The van der Waals surface area contributed by atoms with Crippen molar-refractivity contribution in [2.45, 2.75) is 85.4 Å². The highest BCUT2D eigenvalue weighted by Gasteiger charge is 2.33. The van der Waals surface area contributed by atoms with Gasteiger partial charge in [-0.15, -0.1) is 0 Å². The van der Waals surface area contributed by atoms with Crippen molar-refractivity contribution in [1.82, 2.24) is 0 Å². The topological polar surface area (TPSA) is 40.5 Å². The third-order valence-corrected chi connectivity index (χ3v) is 4.25. The van der Waals surface area contributed by atoms with Crippen LogP contribution in [0, 0.1) is 11.3 Å². The predicted octanol–water partition coefficient (Wildman–Crippen LogP) is 4.10. The minimum absolute atomic E-state index is 0.0318. The van der Waals surface area contributed by atoms with Gasteiger partial charge in [-0.2, -0.15) is 0 Å². The number of hydrogen-bond donors (Lipinski definition) is 2. The van der Waals surface area contributed by atoms with Crippen molar-refractivity contribution in [1.29, 1.82) is 0 Å². The second-order valence-electron chi connectivity index (χ2n) is 5.77. The van der Waals surface area contributed by atoms with E-state index >= 15 is 0 Å². The summed E-state index contributed by atoms with van der Waals surface area (Å²) in [6, 6.07) is 0. The van der Waals surface area contributed by atoms with Crippen LogP contribution in [0.25, 0.3) is 0 Å². The van der Waals surface area contributed by atoms with Gasteiger partial charge in [-0.05, 0) is 18.3 Å². The van der Waals surface area contributed by atoms with Crippen LogP contribution in [0.3, 0.4) is 0 Å². The lowest BCUT2D eigenvalue weighted by Crippen LogP contribution is -2.34. The van der Waals surface area contributed by atoms with Crippen LogP contribution >= 0.6 is 0 Å². The summed E-state index contributed by atoms with van der Waals surface area (Å²) < 4.78 is 0. The van der Waals surface area contributed by atoms with Gasteiger partial charge in [0, 0.05) is 5.92 Å². The average molecular weight is 244 g/mol. The second kappa shape index (κ2) is 8.93. The van der Waals surface area contributed by atoms with E-state index in [0.29, 0.717) is 0 Å². The molecule has 2 N–H and O–H groups in total. The molecule has 0 radical (unpaired) electrons. The maximum absolute atomic E-state index is 9.41. The van der Waals surface area contributed by atoms with Crippen molar-refractivity contribution in [3.8, 4) is 0 Å². The number of unbranched alkanes of at least 4 members (excludes halogenated alkanes) is 4. The van der Waals surface area contributed by atoms with Crippen LogP contribution in [0.15, 0.2) is 0 Å². The summed E-state index contributed by atoms with van der Waals surface area (Å²) in [6.07, 6.45) is 8.44. The van der Waals surface area contributed by atoms with E-state index in [4.69, 9.17) is 0 Å². The third kappa shape index (κ3) is 6.42. The third-order valence-electron chi connectivity index (χ3n) is 4.25. The zero-order valence-electron chi connectivity index (χ0n) is 12.2. The van der Waals surface area contributed by atoms with Crippen molar-refractivity contribution < 1.29 is 10.2 Å². The summed E-state index contributed by atoms with van der Waals surface area (Å²) >= 11 is 0. The van der Waals surface area contributed by atoms with Crippen LogP contribution < -0.4 is 0 Å². The molecular formula is C15H32O2. The lowest BCUT2D eigenvalue weighted by molar-refractivity contribution is -0.118. The number of hydrogen-bond acceptors (Lipinski definition) is 2. The molecule has 17 heavy (non-hydrogen) atoms. The summed E-state index contributed by atoms with van der Waals surface area (Å²) in [4.78, 5) is 0. The molecule has 2 atom stereocenters. The van der Waals surface area contributed by atoms with E-state index in [9.17, 15) is 10.2 Å². The van der Waals surface area contributed by atoms with Crippen LogP contribution in [0.4, 0.5) is 0 Å². The molecule has 0 aliphatic rings. The summed E-state index contributed by atoms with van der Waals surface area (Å²) in [5.41, 5.74) is 0.0813. The summed E-state index contributed by atoms with van der Waals surface area (Å²) in [5.74, 6) is -0.0318. The molecule has 0 aliphatic carbocycles. The fraction of sp³-hybridized carbons (Fsp3) is 1.00. The molecule has 0 spiro atoms. The first-order valence-electron chi connectivity index (χ1n) is 7.34. The number of aliphatic hydroxyl groups is 2. The predicted molar refractivity (Wildman–Crippen MR) is 73.8 cm³/mol. The first kappa shape index (κ1) is 16.9. The Kier molecular flexibility index (Phi) is 8.89. The Labute approximate surface area is 107 Å². The number of aliphatic hydroxyl groups excluding tert-OH is 1. The van der Waals surface area contributed by atoms with Gasteiger partial charge < -0.3 is 10.2 Å². The molecule has 104 valence electrons. The first-order valence-corrected chi connectivity index (χ1v) is 7.34. The molecule has 0 saturated carbocycles. The lowest BCUT2D eigenvalue weighted by atomic mass is 9.70. The van der Waals surface area contributed by atoms with E-state index < -0.39 is 6.29 Å². The highest BCUT2D eigenvalue weighted by Crippen LogP contribution is 2.39. The van der Waals surface area contributed by atoms with Gasteiger partial charge in [0.05, 0.1) is 0 Å². The van der Waals surface area contributed by atoms with Gasteiger partial charge in [-0.3, -0.25) is 0 Å². The van der Waals surface area contributed by atoms with E-state index in [0.717, 1.165) is 12.8 Å². The van der Waals surface area contributed by atoms with Gasteiger partial charge in [0.25, 0.3) is 0 Å². The Morgan fingerprint density at radius 2 is 1.41 bits per heavy atom. The molecule has 0 aliphatic heterocycles. The molecule has 0 aromatic carbocycles. The maximum atomic E-state index is 9.41. The van der Waals surface area contributed by atoms with Crippen molar-refractivity contribution >= 4 is 0 Å². The Bertz CT molecular complexity index is 180. The van der Waals surface area contributed by atoms with Crippen molar-refractivity contribution in [3.63, 3.8) is 0 Å². The smallest absolute Gasteiger partial charge is 0.154 e. The Morgan fingerprint density at radius 3 is 1.88 bits per heavy atom. The zero-order chi connectivity index (χ0) is 13.3. The largest absolute Gasteiger partial charge is 0.368 e. The normalized spacial score (nSPS) is 17.1. The fourth-order valence-electron chi connectivity index (χ4n) is 2.48. The molecule has 0 bridgehead atoms. The van der Waals surface area contributed by atoms with Gasteiger partial charge in [0.15, 0.2) is 6.29 Å². The van der Waals surface area contributed by atoms with Gasteiger partial charge in [0.1, 0.15) is 0 Å². The molecule has 0 aromatic heterocycles. The first-order chi connectivity index (χ1) is 7.98. The molecule has 0 saturated heterocycles. The van der Waals surface area contributed by atoms with E-state index in [-0.39, 0.29) is 11.3 Å². The van der Waals surface area contributed by atoms with Crippen molar-refractivity contribution in [3.05, 3.63) is 0 Å². The highest BCUT2D eigenvalue weighted by molar-refractivity contribution is 4.81. The van der Waals surface area contributed by atoms with Gasteiger partial charge >= 0.3 is 0 Å². The summed E-state index contributed by atoms with van der Waals surface area (Å²) in [6.45, 7) is 8.60. The van der Waals surface area contributed by atoms with Crippen LogP contribution in [0.2, 0.25) is 0 Å². The van der Waals surface area contributed by atoms with Gasteiger partial charge in [-0.25, -0.2) is 0 Å². The van der Waals surface area contributed by atoms with Crippen LogP contribution in [0.1, 0.15) is 79.1 Å². The fourth-order valence-corrected chi connectivity index (χ4v) is 2.48. The maximum Gasteiger partial charge on any atom is 0.154 e.